The van der Waals surface area contributed by atoms with Gasteiger partial charge in [0.15, 0.2) is 0 Å². The lowest BCUT2D eigenvalue weighted by Crippen LogP contribution is -2.62. The first-order valence-electron chi connectivity index (χ1n) is 14.6. The van der Waals surface area contributed by atoms with Crippen LogP contribution in [0, 0.1) is 0 Å². The molecule has 2 aromatic rings. The number of likely N-dealkylation sites (tertiary alicyclic amines) is 2. The van der Waals surface area contributed by atoms with Gasteiger partial charge in [0.1, 0.15) is 0 Å². The highest BCUT2D eigenvalue weighted by Gasteiger charge is 2.62. The summed E-state index contributed by atoms with van der Waals surface area (Å²) in [5.41, 5.74) is -2.29. The Morgan fingerprint density at radius 2 is 1.73 bits per heavy atom. The number of nitrogens with zero attached hydrogens (tertiary/aromatic N) is 3. The number of piperidine rings is 1. The Balaban J connectivity index is 1.36. The zero-order valence-corrected chi connectivity index (χ0v) is 25.2. The van der Waals surface area contributed by atoms with Crippen LogP contribution in [0.2, 0.25) is 5.02 Å². The van der Waals surface area contributed by atoms with Gasteiger partial charge in [0.2, 0.25) is 0 Å². The third-order valence-corrected chi connectivity index (χ3v) is 8.57. The summed E-state index contributed by atoms with van der Waals surface area (Å²) in [4.78, 5) is 30.6. The Labute approximate surface area is 259 Å². The van der Waals surface area contributed by atoms with E-state index in [0.717, 1.165) is 28.3 Å². The highest BCUT2D eigenvalue weighted by atomic mass is 35.5. The van der Waals surface area contributed by atoms with Crippen LogP contribution in [0.15, 0.2) is 42.5 Å². The number of amides is 2. The van der Waals surface area contributed by atoms with Crippen LogP contribution in [0.5, 0.6) is 0 Å². The van der Waals surface area contributed by atoms with Gasteiger partial charge in [0.25, 0.3) is 17.4 Å². The molecule has 2 amide bonds. The van der Waals surface area contributed by atoms with Crippen LogP contribution >= 0.6 is 11.6 Å². The smallest absolute Gasteiger partial charge is 0.395 e. The van der Waals surface area contributed by atoms with Gasteiger partial charge in [0, 0.05) is 70.2 Å². The Bertz CT molecular complexity index is 1290. The molecule has 2 aliphatic heterocycles. The molecule has 0 bridgehead atoms. The van der Waals surface area contributed by atoms with E-state index in [2.05, 4.69) is 15.5 Å². The van der Waals surface area contributed by atoms with Crippen LogP contribution in [0.1, 0.15) is 34.3 Å². The molecule has 14 heteroatoms. The van der Waals surface area contributed by atoms with E-state index < -0.39 is 23.2 Å². The molecule has 0 radical (unpaired) electrons. The van der Waals surface area contributed by atoms with E-state index in [0.29, 0.717) is 44.6 Å². The van der Waals surface area contributed by atoms with Crippen molar-refractivity contribution in [3.8, 4) is 0 Å². The van der Waals surface area contributed by atoms with E-state index in [9.17, 15) is 38.1 Å². The second kappa shape index (κ2) is 14.4. The van der Waals surface area contributed by atoms with Gasteiger partial charge >= 0.3 is 6.18 Å². The molecule has 1 atom stereocenters. The molecule has 2 aliphatic rings. The van der Waals surface area contributed by atoms with Crippen LogP contribution in [0.3, 0.4) is 0 Å². The fraction of sp³-hybridized carbons (Fsp3) is 0.533. The van der Waals surface area contributed by atoms with Crippen molar-refractivity contribution in [3.05, 3.63) is 64.2 Å². The maximum atomic E-state index is 14.0. The Morgan fingerprint density at radius 3 is 2.32 bits per heavy atom. The van der Waals surface area contributed by atoms with Crippen LogP contribution in [-0.2, 0) is 16.9 Å². The molecule has 4 rings (SSSR count). The van der Waals surface area contributed by atoms with Crippen LogP contribution in [-0.4, -0.2) is 120 Å². The first-order chi connectivity index (χ1) is 20.9. The van der Waals surface area contributed by atoms with Gasteiger partial charge < -0.3 is 35.8 Å². The number of rotatable bonds is 12. The number of halogens is 4. The van der Waals surface area contributed by atoms with Crippen molar-refractivity contribution in [2.24, 2.45) is 0 Å². The molecule has 5 N–H and O–H groups in total. The van der Waals surface area contributed by atoms with E-state index in [1.54, 1.807) is 19.2 Å². The third kappa shape index (κ3) is 7.30. The number of hydrogen-bond acceptors (Lipinski definition) is 8. The summed E-state index contributed by atoms with van der Waals surface area (Å²) in [6.07, 6.45) is -4.22. The summed E-state index contributed by atoms with van der Waals surface area (Å²) in [6.45, 7) is 2.19. The molecule has 2 aromatic carbocycles. The molecule has 10 nitrogen and oxygen atoms in total. The zero-order valence-electron chi connectivity index (χ0n) is 24.5. The maximum Gasteiger partial charge on any atom is 0.430 e. The summed E-state index contributed by atoms with van der Waals surface area (Å²) in [7, 11) is 1.58. The van der Waals surface area contributed by atoms with Crippen molar-refractivity contribution >= 4 is 29.1 Å². The van der Waals surface area contributed by atoms with Crippen molar-refractivity contribution in [1.82, 2.24) is 20.0 Å². The molecule has 0 saturated carbocycles. The average molecular weight is 642 g/mol. The fourth-order valence-corrected chi connectivity index (χ4v) is 5.94. The second-order valence-electron chi connectivity index (χ2n) is 11.2. The summed E-state index contributed by atoms with van der Waals surface area (Å²) in [5, 5.41) is 35.9. The van der Waals surface area contributed by atoms with Gasteiger partial charge in [-0.2, -0.15) is 13.2 Å². The van der Waals surface area contributed by atoms with Crippen molar-refractivity contribution in [1.29, 1.82) is 0 Å². The number of likely N-dealkylation sites (N-methyl/N-ethyl adjacent to an activating group) is 1. The number of anilines is 1. The Kier molecular flexibility index (Phi) is 11.1. The predicted octanol–water partition coefficient (Wildman–Crippen LogP) is 2.02. The molecule has 242 valence electrons. The van der Waals surface area contributed by atoms with Crippen LogP contribution < -0.4 is 10.6 Å². The maximum absolute atomic E-state index is 14.0. The molecule has 1 unspecified atom stereocenters. The Morgan fingerprint density at radius 1 is 1.07 bits per heavy atom. The van der Waals surface area contributed by atoms with E-state index >= 15 is 0 Å². The van der Waals surface area contributed by atoms with Gasteiger partial charge in [-0.3, -0.25) is 14.5 Å². The lowest BCUT2D eigenvalue weighted by Gasteiger charge is -2.48. The quantitative estimate of drug-likeness (QED) is 0.223. The van der Waals surface area contributed by atoms with E-state index in [-0.39, 0.29) is 55.9 Å². The van der Waals surface area contributed by atoms with Gasteiger partial charge in [-0.15, -0.1) is 0 Å². The largest absolute Gasteiger partial charge is 0.430 e. The van der Waals surface area contributed by atoms with Gasteiger partial charge in [-0.25, -0.2) is 0 Å². The first kappa shape index (κ1) is 33.9. The highest BCUT2D eigenvalue weighted by molar-refractivity contribution is 6.34. The Hall–Kier alpha value is -2.94. The molecule has 2 heterocycles. The molecular weight excluding hydrogens is 603 g/mol. The summed E-state index contributed by atoms with van der Waals surface area (Å²) >= 11 is 6.49. The SMILES string of the molecule is CN(CCO)C(=O)c1cc(CNCCO)c(NC2CN(C3CCN(C(=O)C(O)(c4ccccc4)C(F)(F)F)CC3)C2)cc1Cl. The number of benzene rings is 2. The van der Waals surface area contributed by atoms with Crippen LogP contribution in [0.25, 0.3) is 0 Å². The number of aliphatic hydroxyl groups excluding tert-OH is 2. The molecule has 0 aromatic heterocycles. The van der Waals surface area contributed by atoms with Gasteiger partial charge in [0.05, 0.1) is 29.8 Å². The first-order valence-corrected chi connectivity index (χ1v) is 14.9. The molecular formula is C30H39ClF3N5O5. The van der Waals surface area contributed by atoms with Crippen molar-refractivity contribution in [2.45, 2.75) is 43.2 Å². The number of nitrogens with one attached hydrogen (secondary N) is 2. The summed E-state index contributed by atoms with van der Waals surface area (Å²) in [5.74, 6) is -1.68. The summed E-state index contributed by atoms with van der Waals surface area (Å²) < 4.78 is 42.0. The lowest BCUT2D eigenvalue weighted by atomic mass is 9.89. The third-order valence-electron chi connectivity index (χ3n) is 8.26. The number of hydrogen-bond donors (Lipinski definition) is 5. The minimum absolute atomic E-state index is 0.0503. The fourth-order valence-electron chi connectivity index (χ4n) is 5.69. The molecule has 44 heavy (non-hydrogen) atoms. The van der Waals surface area contributed by atoms with Gasteiger partial charge in [-0.1, -0.05) is 41.9 Å². The number of carbonyl (C=O) groups is 2. The standard InChI is InChI=1S/C30H39ClF3N5O5/c1-37(12-14-41)27(42)24-15-20(17-35-9-13-40)26(16-25(24)31)36-22-18-39(19-22)23-7-10-38(11-8-23)28(43)29(44,30(32,33)34)21-5-3-2-4-6-21/h2-6,15-16,22-23,35-36,40-41,44H,7-14,17-19H2,1H3. The number of alkyl halides is 3. The van der Waals surface area contributed by atoms with E-state index in [4.69, 9.17) is 11.6 Å². The minimum atomic E-state index is -5.17. The lowest BCUT2D eigenvalue weighted by molar-refractivity contribution is -0.262. The number of aliphatic hydroxyl groups is 3. The normalized spacial score (nSPS) is 18.0. The van der Waals surface area contributed by atoms with Crippen molar-refractivity contribution in [2.75, 3.05) is 64.8 Å². The predicted molar refractivity (Wildman–Crippen MR) is 159 cm³/mol. The molecule has 0 aliphatic carbocycles. The van der Waals surface area contributed by atoms with Gasteiger partial charge in [-0.05, 0) is 30.5 Å². The summed E-state index contributed by atoms with van der Waals surface area (Å²) in [6, 6.07) is 9.96. The van der Waals surface area contributed by atoms with E-state index in [1.807, 2.05) is 0 Å². The topological polar surface area (TPSA) is 129 Å². The van der Waals surface area contributed by atoms with Crippen molar-refractivity contribution in [3.63, 3.8) is 0 Å². The van der Waals surface area contributed by atoms with Crippen LogP contribution in [0.4, 0.5) is 18.9 Å². The molecule has 0 spiro atoms. The second-order valence-corrected chi connectivity index (χ2v) is 11.6. The van der Waals surface area contributed by atoms with E-state index in [1.165, 1.54) is 23.1 Å². The average Bonchev–Trinajstić information content (AvgIpc) is 2.98. The van der Waals surface area contributed by atoms with Crippen molar-refractivity contribution < 1.29 is 38.1 Å². The number of carbonyl (C=O) groups excluding carboxylic acids is 2. The monoisotopic (exact) mass is 641 g/mol. The highest BCUT2D eigenvalue weighted by Crippen LogP contribution is 2.41. The molecule has 2 saturated heterocycles. The zero-order chi connectivity index (χ0) is 32.1. The molecule has 2 fully saturated rings. The minimum Gasteiger partial charge on any atom is -0.395 e.